The zero-order valence-electron chi connectivity index (χ0n) is 21.1. The van der Waals surface area contributed by atoms with E-state index in [1.807, 2.05) is 26.4 Å². The summed E-state index contributed by atoms with van der Waals surface area (Å²) in [5.41, 5.74) is 4.23. The van der Waals surface area contributed by atoms with E-state index in [0.717, 1.165) is 77.9 Å². The van der Waals surface area contributed by atoms with Gasteiger partial charge in [0.25, 0.3) is 0 Å². The van der Waals surface area contributed by atoms with E-state index in [-0.39, 0.29) is 5.97 Å². The van der Waals surface area contributed by atoms with Gasteiger partial charge >= 0.3 is 5.97 Å². The van der Waals surface area contributed by atoms with Crippen molar-refractivity contribution in [3.63, 3.8) is 0 Å². The maximum Gasteiger partial charge on any atom is 0.305 e. The lowest BCUT2D eigenvalue weighted by Crippen LogP contribution is -2.31. The Bertz CT molecular complexity index is 1150. The molecule has 0 amide bonds. The average molecular weight is 498 g/mol. The number of carbonyl (C=O) groups is 1. The Morgan fingerprint density at radius 1 is 1.23 bits per heavy atom. The molecular formula is C26H35N5O3S. The minimum Gasteiger partial charge on any atom is -0.491 e. The highest BCUT2D eigenvalue weighted by atomic mass is 32.1. The van der Waals surface area contributed by atoms with Crippen LogP contribution in [0.3, 0.4) is 0 Å². The zero-order chi connectivity index (χ0) is 24.8. The number of aromatic nitrogens is 2. The molecule has 4 rings (SSSR count). The molecule has 1 aliphatic heterocycles. The summed E-state index contributed by atoms with van der Waals surface area (Å²) in [6.45, 7) is 7.20. The van der Waals surface area contributed by atoms with Crippen LogP contribution >= 0.6 is 11.3 Å². The molecule has 8 nitrogen and oxygen atoms in total. The van der Waals surface area contributed by atoms with Crippen LogP contribution in [0.1, 0.15) is 30.5 Å². The molecule has 1 fully saturated rings. The molecule has 1 saturated heterocycles. The fourth-order valence-corrected chi connectivity index (χ4v) is 5.20. The van der Waals surface area contributed by atoms with Crippen LogP contribution in [0.25, 0.3) is 10.9 Å². The molecule has 0 N–H and O–H groups in total. The molecule has 1 aromatic carbocycles. The topological polar surface area (TPSA) is 71.0 Å². The predicted octanol–water partition coefficient (Wildman–Crippen LogP) is 4.11. The summed E-state index contributed by atoms with van der Waals surface area (Å²) in [7, 11) is 5.47. The van der Waals surface area contributed by atoms with E-state index in [9.17, 15) is 4.79 Å². The molecule has 0 radical (unpaired) electrons. The van der Waals surface area contributed by atoms with E-state index in [1.54, 1.807) is 11.3 Å². The number of rotatable bonds is 9. The van der Waals surface area contributed by atoms with Crippen molar-refractivity contribution in [2.24, 2.45) is 0 Å². The van der Waals surface area contributed by atoms with E-state index in [0.29, 0.717) is 19.4 Å². The van der Waals surface area contributed by atoms with E-state index in [4.69, 9.17) is 19.4 Å². The van der Waals surface area contributed by atoms with Crippen molar-refractivity contribution >= 4 is 39.0 Å². The summed E-state index contributed by atoms with van der Waals surface area (Å²) in [5.74, 6) is 0.654. The van der Waals surface area contributed by atoms with Crippen molar-refractivity contribution in [2.45, 2.75) is 32.7 Å². The molecular weight excluding hydrogens is 462 g/mol. The van der Waals surface area contributed by atoms with Gasteiger partial charge < -0.3 is 19.3 Å². The summed E-state index contributed by atoms with van der Waals surface area (Å²) < 4.78 is 11.1. The van der Waals surface area contributed by atoms with Crippen LogP contribution in [0.2, 0.25) is 0 Å². The highest BCUT2D eigenvalue weighted by molar-refractivity contribution is 7.13. The van der Waals surface area contributed by atoms with Gasteiger partial charge in [0.05, 0.1) is 24.9 Å². The Labute approximate surface area is 211 Å². The summed E-state index contributed by atoms with van der Waals surface area (Å²) in [6.07, 6.45) is 3.86. The molecule has 35 heavy (non-hydrogen) atoms. The standard InChI is InChI=1S/C26H35N5O3S/c1-19-16-20-8-5-10-27-23(20)24(25(19)34-15-6-9-22(32)33-4)31-12-7-11-30(13-14-31)17-21-18-35-26(28-21)29(2)3/h5,8,10,16,18H,6-7,9,11-15,17H2,1-4H3. The number of methoxy groups -OCH3 is 1. The number of esters is 1. The van der Waals surface area contributed by atoms with Crippen molar-refractivity contribution in [1.29, 1.82) is 0 Å². The molecule has 3 heterocycles. The van der Waals surface area contributed by atoms with Gasteiger partial charge in [-0.2, -0.15) is 0 Å². The predicted molar refractivity (Wildman–Crippen MR) is 142 cm³/mol. The Balaban J connectivity index is 1.52. The number of aryl methyl sites for hydroxylation is 1. The van der Waals surface area contributed by atoms with Gasteiger partial charge in [-0.05, 0) is 37.5 Å². The molecule has 0 saturated carbocycles. The summed E-state index contributed by atoms with van der Waals surface area (Å²) in [5, 5.41) is 4.32. The Hall–Kier alpha value is -2.91. The fourth-order valence-electron chi connectivity index (χ4n) is 4.45. The largest absolute Gasteiger partial charge is 0.491 e. The number of pyridine rings is 1. The second-order valence-electron chi connectivity index (χ2n) is 9.11. The third-order valence-electron chi connectivity index (χ3n) is 6.22. The number of carbonyl (C=O) groups excluding carboxylic acids is 1. The molecule has 1 aliphatic rings. The number of hydrogen-bond acceptors (Lipinski definition) is 9. The first-order chi connectivity index (χ1) is 17.0. The maximum absolute atomic E-state index is 11.5. The molecule has 0 unspecified atom stereocenters. The molecule has 0 bridgehead atoms. The van der Waals surface area contributed by atoms with Gasteiger partial charge in [-0.15, -0.1) is 11.3 Å². The first-order valence-corrected chi connectivity index (χ1v) is 13.0. The van der Waals surface area contributed by atoms with Crippen LogP contribution in [0.15, 0.2) is 29.8 Å². The first-order valence-electron chi connectivity index (χ1n) is 12.1. The minimum atomic E-state index is -0.212. The van der Waals surface area contributed by atoms with Crippen LogP contribution in [0, 0.1) is 6.92 Å². The third-order valence-corrected chi connectivity index (χ3v) is 7.28. The number of hydrogen-bond donors (Lipinski definition) is 0. The molecule has 0 atom stereocenters. The van der Waals surface area contributed by atoms with Crippen molar-refractivity contribution in [1.82, 2.24) is 14.9 Å². The zero-order valence-corrected chi connectivity index (χ0v) is 21.9. The number of nitrogens with zero attached hydrogens (tertiary/aromatic N) is 5. The first kappa shape index (κ1) is 25.2. The molecule has 0 aliphatic carbocycles. The summed E-state index contributed by atoms with van der Waals surface area (Å²) in [4.78, 5) is 28.0. The van der Waals surface area contributed by atoms with Crippen LogP contribution in [-0.4, -0.2) is 74.8 Å². The van der Waals surface area contributed by atoms with Crippen molar-refractivity contribution in [2.75, 3.05) is 63.8 Å². The van der Waals surface area contributed by atoms with E-state index < -0.39 is 0 Å². The normalized spacial score (nSPS) is 14.7. The Morgan fingerprint density at radius 2 is 2.09 bits per heavy atom. The second-order valence-corrected chi connectivity index (χ2v) is 9.94. The van der Waals surface area contributed by atoms with Crippen LogP contribution in [0.5, 0.6) is 5.75 Å². The van der Waals surface area contributed by atoms with Crippen molar-refractivity contribution in [3.8, 4) is 5.75 Å². The average Bonchev–Trinajstić information content (AvgIpc) is 3.20. The lowest BCUT2D eigenvalue weighted by molar-refractivity contribution is -0.140. The smallest absolute Gasteiger partial charge is 0.305 e. The van der Waals surface area contributed by atoms with Gasteiger partial charge in [-0.3, -0.25) is 14.7 Å². The van der Waals surface area contributed by atoms with E-state index >= 15 is 0 Å². The van der Waals surface area contributed by atoms with Gasteiger partial charge in [0.1, 0.15) is 11.4 Å². The monoisotopic (exact) mass is 497 g/mol. The summed E-state index contributed by atoms with van der Waals surface area (Å²) >= 11 is 1.69. The highest BCUT2D eigenvalue weighted by Gasteiger charge is 2.23. The number of anilines is 2. The second kappa shape index (κ2) is 11.7. The van der Waals surface area contributed by atoms with E-state index in [2.05, 4.69) is 39.1 Å². The number of benzene rings is 1. The van der Waals surface area contributed by atoms with Gasteiger partial charge in [0.2, 0.25) is 0 Å². The number of ether oxygens (including phenoxy) is 2. The molecule has 3 aromatic rings. The van der Waals surface area contributed by atoms with Gasteiger partial charge in [-0.1, -0.05) is 6.07 Å². The molecule has 188 valence electrons. The maximum atomic E-state index is 11.5. The van der Waals surface area contributed by atoms with Crippen molar-refractivity contribution in [3.05, 3.63) is 41.0 Å². The van der Waals surface area contributed by atoms with Crippen LogP contribution < -0.4 is 14.5 Å². The lowest BCUT2D eigenvalue weighted by Gasteiger charge is -2.28. The van der Waals surface area contributed by atoms with Gasteiger partial charge in [-0.25, -0.2) is 4.98 Å². The Morgan fingerprint density at radius 3 is 2.86 bits per heavy atom. The van der Waals surface area contributed by atoms with Crippen LogP contribution in [0.4, 0.5) is 10.8 Å². The molecule has 0 spiro atoms. The lowest BCUT2D eigenvalue weighted by atomic mass is 10.1. The Kier molecular flexibility index (Phi) is 8.41. The van der Waals surface area contributed by atoms with E-state index in [1.165, 1.54) is 7.11 Å². The third kappa shape index (κ3) is 6.21. The highest BCUT2D eigenvalue weighted by Crippen LogP contribution is 2.39. The van der Waals surface area contributed by atoms with Crippen LogP contribution in [-0.2, 0) is 16.1 Å². The quantitative estimate of drug-likeness (QED) is 0.323. The van der Waals surface area contributed by atoms with Gasteiger partial charge in [0, 0.05) is 70.2 Å². The fraction of sp³-hybridized carbons (Fsp3) is 0.500. The number of fused-ring (bicyclic) bond motifs is 1. The van der Waals surface area contributed by atoms with Gasteiger partial charge in [0.15, 0.2) is 5.13 Å². The van der Waals surface area contributed by atoms with Crippen molar-refractivity contribution < 1.29 is 14.3 Å². The number of thiazole rings is 1. The summed E-state index contributed by atoms with van der Waals surface area (Å²) in [6, 6.07) is 6.22. The molecule has 9 heteroatoms. The SMILES string of the molecule is COC(=O)CCCOc1c(C)cc2cccnc2c1N1CCCN(Cc2csc(N(C)C)n2)CC1. The minimum absolute atomic E-state index is 0.212. The molecule has 2 aromatic heterocycles.